The van der Waals surface area contributed by atoms with Crippen LogP contribution in [0.3, 0.4) is 0 Å². The fraction of sp³-hybridized carbons (Fsp3) is 0.571. The SMILES string of the molecule is CC(C)=CCC(=O)C1C=C(C(=O)CC(C)C)C(=O)C1CC=C(C)C. The highest BCUT2D eigenvalue weighted by atomic mass is 16.2. The average molecular weight is 330 g/mol. The van der Waals surface area contributed by atoms with Crippen molar-refractivity contribution in [3.63, 3.8) is 0 Å². The van der Waals surface area contributed by atoms with Crippen LogP contribution in [0.5, 0.6) is 0 Å². The van der Waals surface area contributed by atoms with E-state index >= 15 is 0 Å². The summed E-state index contributed by atoms with van der Waals surface area (Å²) in [7, 11) is 0. The maximum Gasteiger partial charge on any atom is 0.170 e. The molecule has 1 aliphatic rings. The number of carbonyl (C=O) groups excluding carboxylic acids is 3. The summed E-state index contributed by atoms with van der Waals surface area (Å²) in [5, 5.41) is 0. The molecule has 24 heavy (non-hydrogen) atoms. The van der Waals surface area contributed by atoms with Crippen LogP contribution < -0.4 is 0 Å². The predicted octanol–water partition coefficient (Wildman–Crippen LogP) is 4.62. The zero-order chi connectivity index (χ0) is 18.4. The van der Waals surface area contributed by atoms with Crippen LogP contribution in [0.15, 0.2) is 34.9 Å². The van der Waals surface area contributed by atoms with Crippen LogP contribution in [0, 0.1) is 17.8 Å². The van der Waals surface area contributed by atoms with Crippen molar-refractivity contribution in [2.45, 2.75) is 60.8 Å². The zero-order valence-corrected chi connectivity index (χ0v) is 15.8. The number of allylic oxidation sites excluding steroid dienone is 6. The van der Waals surface area contributed by atoms with Gasteiger partial charge in [-0.05, 0) is 40.0 Å². The van der Waals surface area contributed by atoms with Crippen molar-refractivity contribution in [2.24, 2.45) is 17.8 Å². The third kappa shape index (κ3) is 5.70. The summed E-state index contributed by atoms with van der Waals surface area (Å²) in [5.74, 6) is -0.978. The summed E-state index contributed by atoms with van der Waals surface area (Å²) in [6.07, 6.45) is 6.68. The van der Waals surface area contributed by atoms with Gasteiger partial charge >= 0.3 is 0 Å². The zero-order valence-electron chi connectivity index (χ0n) is 15.8. The van der Waals surface area contributed by atoms with Gasteiger partial charge in [0, 0.05) is 24.7 Å². The number of Topliss-reactive ketones (excluding diaryl/α,β-unsaturated/α-hetero) is 3. The van der Waals surface area contributed by atoms with E-state index < -0.39 is 11.8 Å². The van der Waals surface area contributed by atoms with Crippen LogP contribution in [0.1, 0.15) is 60.8 Å². The summed E-state index contributed by atoms with van der Waals surface area (Å²) in [4.78, 5) is 37.6. The minimum Gasteiger partial charge on any atom is -0.299 e. The summed E-state index contributed by atoms with van der Waals surface area (Å²) in [5.41, 5.74) is 2.43. The molecule has 0 aromatic rings. The molecule has 0 heterocycles. The fourth-order valence-corrected chi connectivity index (χ4v) is 2.83. The van der Waals surface area contributed by atoms with Crippen LogP contribution in [0.2, 0.25) is 0 Å². The molecule has 132 valence electrons. The van der Waals surface area contributed by atoms with Crippen LogP contribution in [0.25, 0.3) is 0 Å². The molecular formula is C21H30O3. The van der Waals surface area contributed by atoms with Gasteiger partial charge in [0.05, 0.1) is 5.57 Å². The Balaban J connectivity index is 3.07. The van der Waals surface area contributed by atoms with E-state index in [-0.39, 0.29) is 28.8 Å². The minimum atomic E-state index is -0.477. The first-order chi connectivity index (χ1) is 11.1. The first kappa shape index (κ1) is 20.3. The van der Waals surface area contributed by atoms with Gasteiger partial charge < -0.3 is 0 Å². The van der Waals surface area contributed by atoms with Gasteiger partial charge in [-0.2, -0.15) is 0 Å². The van der Waals surface area contributed by atoms with Gasteiger partial charge in [-0.1, -0.05) is 43.2 Å². The van der Waals surface area contributed by atoms with Crippen molar-refractivity contribution in [3.05, 3.63) is 34.9 Å². The van der Waals surface area contributed by atoms with Crippen LogP contribution in [-0.4, -0.2) is 17.3 Å². The summed E-state index contributed by atoms with van der Waals surface area (Å²) in [6.45, 7) is 11.7. The lowest BCUT2D eigenvalue weighted by atomic mass is 9.86. The van der Waals surface area contributed by atoms with Crippen molar-refractivity contribution in [3.8, 4) is 0 Å². The van der Waals surface area contributed by atoms with Crippen molar-refractivity contribution in [1.82, 2.24) is 0 Å². The molecule has 0 aromatic heterocycles. The molecule has 0 amide bonds. The molecule has 0 bridgehead atoms. The molecule has 1 rings (SSSR count). The Bertz CT molecular complexity index is 595. The number of hydrogen-bond acceptors (Lipinski definition) is 3. The molecule has 0 N–H and O–H groups in total. The van der Waals surface area contributed by atoms with Crippen molar-refractivity contribution in [2.75, 3.05) is 0 Å². The summed E-state index contributed by atoms with van der Waals surface area (Å²) >= 11 is 0. The molecule has 0 aromatic carbocycles. The number of ketones is 3. The van der Waals surface area contributed by atoms with Gasteiger partial charge in [-0.3, -0.25) is 14.4 Å². The standard InChI is InChI=1S/C21H30O3/c1-13(2)7-9-16-17(19(22)10-8-14(3)4)12-18(21(16)24)20(23)11-15(5)6/h7-8,12,15-17H,9-11H2,1-6H3. The molecule has 0 saturated heterocycles. The van der Waals surface area contributed by atoms with E-state index in [4.69, 9.17) is 0 Å². The Labute approximate surface area is 145 Å². The van der Waals surface area contributed by atoms with Crippen molar-refractivity contribution in [1.29, 1.82) is 0 Å². The lowest BCUT2D eigenvalue weighted by Gasteiger charge is -2.15. The summed E-state index contributed by atoms with van der Waals surface area (Å²) < 4.78 is 0. The Hall–Kier alpha value is -1.77. The van der Waals surface area contributed by atoms with Gasteiger partial charge in [0.15, 0.2) is 11.6 Å². The molecule has 0 aliphatic heterocycles. The highest BCUT2D eigenvalue weighted by Crippen LogP contribution is 2.33. The van der Waals surface area contributed by atoms with Crippen LogP contribution >= 0.6 is 0 Å². The molecule has 0 saturated carbocycles. The van der Waals surface area contributed by atoms with Gasteiger partial charge in [-0.25, -0.2) is 0 Å². The average Bonchev–Trinajstić information content (AvgIpc) is 2.78. The first-order valence-corrected chi connectivity index (χ1v) is 8.72. The third-order valence-electron chi connectivity index (χ3n) is 4.14. The highest BCUT2D eigenvalue weighted by Gasteiger charge is 2.40. The maximum atomic E-state index is 12.7. The van der Waals surface area contributed by atoms with E-state index in [1.54, 1.807) is 6.08 Å². The van der Waals surface area contributed by atoms with Crippen LogP contribution in [0.4, 0.5) is 0 Å². The number of rotatable bonds is 8. The topological polar surface area (TPSA) is 51.2 Å². The van der Waals surface area contributed by atoms with E-state index in [1.807, 2.05) is 53.7 Å². The fourth-order valence-electron chi connectivity index (χ4n) is 2.83. The minimum absolute atomic E-state index is 0.0176. The Morgan fingerprint density at radius 1 is 1.08 bits per heavy atom. The molecule has 0 spiro atoms. The molecule has 0 radical (unpaired) electrons. The van der Waals surface area contributed by atoms with Crippen LogP contribution in [-0.2, 0) is 14.4 Å². The molecule has 2 atom stereocenters. The molecule has 3 nitrogen and oxygen atoms in total. The maximum absolute atomic E-state index is 12.7. The van der Waals surface area contributed by atoms with Gasteiger partial charge in [0.1, 0.15) is 5.78 Å². The Morgan fingerprint density at radius 2 is 1.67 bits per heavy atom. The molecular weight excluding hydrogens is 300 g/mol. The first-order valence-electron chi connectivity index (χ1n) is 8.72. The normalized spacial score (nSPS) is 20.0. The second kappa shape index (κ2) is 8.91. The Kier molecular flexibility index (Phi) is 7.53. The number of hydrogen-bond donors (Lipinski definition) is 0. The Morgan fingerprint density at radius 3 is 2.17 bits per heavy atom. The smallest absolute Gasteiger partial charge is 0.170 e. The molecule has 3 heteroatoms. The third-order valence-corrected chi connectivity index (χ3v) is 4.14. The van der Waals surface area contributed by atoms with E-state index in [1.165, 1.54) is 0 Å². The summed E-state index contributed by atoms with van der Waals surface area (Å²) in [6, 6.07) is 0. The van der Waals surface area contributed by atoms with Gasteiger partial charge in [0.25, 0.3) is 0 Å². The quantitative estimate of drug-likeness (QED) is 0.482. The second-order valence-corrected chi connectivity index (χ2v) is 7.57. The number of carbonyl (C=O) groups is 3. The second-order valence-electron chi connectivity index (χ2n) is 7.57. The van der Waals surface area contributed by atoms with Gasteiger partial charge in [-0.15, -0.1) is 0 Å². The van der Waals surface area contributed by atoms with Crippen molar-refractivity contribution < 1.29 is 14.4 Å². The lowest BCUT2D eigenvalue weighted by molar-refractivity contribution is -0.128. The van der Waals surface area contributed by atoms with E-state index in [0.717, 1.165) is 11.1 Å². The lowest BCUT2D eigenvalue weighted by Crippen LogP contribution is -2.24. The largest absolute Gasteiger partial charge is 0.299 e. The van der Waals surface area contributed by atoms with E-state index in [9.17, 15) is 14.4 Å². The van der Waals surface area contributed by atoms with Crippen molar-refractivity contribution >= 4 is 17.3 Å². The van der Waals surface area contributed by atoms with E-state index in [2.05, 4.69) is 0 Å². The molecule has 2 unspecified atom stereocenters. The predicted molar refractivity (Wildman–Crippen MR) is 97.6 cm³/mol. The van der Waals surface area contributed by atoms with Gasteiger partial charge in [0.2, 0.25) is 0 Å². The van der Waals surface area contributed by atoms with E-state index in [0.29, 0.717) is 19.3 Å². The molecule has 0 fully saturated rings. The molecule has 1 aliphatic carbocycles. The highest BCUT2D eigenvalue weighted by molar-refractivity contribution is 6.24. The monoisotopic (exact) mass is 330 g/mol.